The average molecular weight is 188 g/mol. The lowest BCUT2D eigenvalue weighted by atomic mass is 10.0. The van der Waals surface area contributed by atoms with Crippen LogP contribution in [0.15, 0.2) is 18.5 Å². The van der Waals surface area contributed by atoms with E-state index in [4.69, 9.17) is 5.73 Å². The Hall–Kier alpha value is -1.84. The predicted octanol–water partition coefficient (Wildman–Crippen LogP) is 1.67. The van der Waals surface area contributed by atoms with Crippen molar-refractivity contribution in [3.05, 3.63) is 29.6 Å². The number of aromatic amines is 1. The minimum absolute atomic E-state index is 0.774. The molecule has 3 N–H and O–H groups in total. The molecule has 0 saturated carbocycles. The highest BCUT2D eigenvalue weighted by Gasteiger charge is 2.05. The van der Waals surface area contributed by atoms with Crippen LogP contribution < -0.4 is 5.73 Å². The lowest BCUT2D eigenvalue weighted by Crippen LogP contribution is -1.94. The van der Waals surface area contributed by atoms with Gasteiger partial charge in [-0.25, -0.2) is 4.98 Å². The van der Waals surface area contributed by atoms with Crippen LogP contribution in [-0.2, 0) is 0 Å². The third-order valence-corrected chi connectivity index (χ3v) is 2.28. The number of hydrogen-bond donors (Lipinski definition) is 2. The van der Waals surface area contributed by atoms with Crippen molar-refractivity contribution in [1.82, 2.24) is 15.2 Å². The van der Waals surface area contributed by atoms with Gasteiger partial charge in [0.05, 0.1) is 0 Å². The second kappa shape index (κ2) is 3.14. The molecule has 14 heavy (non-hydrogen) atoms. The molecule has 0 atom stereocenters. The highest BCUT2D eigenvalue weighted by molar-refractivity contribution is 5.65. The van der Waals surface area contributed by atoms with Crippen LogP contribution in [0.4, 0.5) is 5.69 Å². The highest BCUT2D eigenvalue weighted by atomic mass is 15.2. The van der Waals surface area contributed by atoms with Crippen LogP contribution >= 0.6 is 0 Å². The van der Waals surface area contributed by atoms with Gasteiger partial charge in [-0.2, -0.15) is 5.10 Å². The normalized spacial score (nSPS) is 10.4. The number of hydrogen-bond acceptors (Lipinski definition) is 3. The molecular weight excluding hydrogens is 176 g/mol. The summed E-state index contributed by atoms with van der Waals surface area (Å²) >= 11 is 0. The molecule has 1 heterocycles. The van der Waals surface area contributed by atoms with E-state index in [2.05, 4.69) is 15.2 Å². The third kappa shape index (κ3) is 1.35. The maximum atomic E-state index is 5.86. The van der Waals surface area contributed by atoms with Gasteiger partial charge in [-0.3, -0.25) is 5.10 Å². The van der Waals surface area contributed by atoms with Crippen LogP contribution in [0.25, 0.3) is 11.4 Å². The number of nitrogens with zero attached hydrogens (tertiary/aromatic N) is 2. The summed E-state index contributed by atoms with van der Waals surface area (Å²) in [6.07, 6.45) is 1.50. The Labute approximate surface area is 82.2 Å². The molecule has 0 amide bonds. The first-order valence-electron chi connectivity index (χ1n) is 4.41. The molecule has 0 saturated heterocycles. The number of anilines is 1. The minimum atomic E-state index is 0.774. The third-order valence-electron chi connectivity index (χ3n) is 2.28. The Morgan fingerprint density at radius 3 is 2.36 bits per heavy atom. The molecule has 2 rings (SSSR count). The number of aromatic nitrogens is 3. The van der Waals surface area contributed by atoms with Gasteiger partial charge in [-0.1, -0.05) is 0 Å². The van der Waals surface area contributed by atoms with Gasteiger partial charge in [0.15, 0.2) is 5.82 Å². The molecule has 0 unspecified atom stereocenters. The quantitative estimate of drug-likeness (QED) is 0.669. The summed E-state index contributed by atoms with van der Waals surface area (Å²) in [4.78, 5) is 4.09. The van der Waals surface area contributed by atoms with E-state index < -0.39 is 0 Å². The molecule has 0 bridgehead atoms. The van der Waals surface area contributed by atoms with Gasteiger partial charge >= 0.3 is 0 Å². The van der Waals surface area contributed by atoms with Crippen LogP contribution in [0.1, 0.15) is 11.1 Å². The molecular formula is C10H12N4. The van der Waals surface area contributed by atoms with Crippen LogP contribution in [-0.4, -0.2) is 15.2 Å². The molecule has 2 aromatic rings. The highest BCUT2D eigenvalue weighted by Crippen LogP contribution is 2.23. The monoisotopic (exact) mass is 188 g/mol. The van der Waals surface area contributed by atoms with Crippen LogP contribution in [0.2, 0.25) is 0 Å². The Kier molecular flexibility index (Phi) is 1.96. The van der Waals surface area contributed by atoms with Crippen molar-refractivity contribution >= 4 is 5.69 Å². The first-order chi connectivity index (χ1) is 6.68. The second-order valence-corrected chi connectivity index (χ2v) is 3.36. The van der Waals surface area contributed by atoms with Crippen molar-refractivity contribution in [2.24, 2.45) is 0 Å². The fraction of sp³-hybridized carbons (Fsp3) is 0.200. The van der Waals surface area contributed by atoms with Crippen molar-refractivity contribution in [3.63, 3.8) is 0 Å². The van der Waals surface area contributed by atoms with Crippen LogP contribution in [0.3, 0.4) is 0 Å². The summed E-state index contributed by atoms with van der Waals surface area (Å²) in [5, 5.41) is 6.64. The molecule has 0 spiro atoms. The van der Waals surface area contributed by atoms with Gasteiger partial charge in [-0.05, 0) is 37.1 Å². The molecule has 0 fully saturated rings. The zero-order valence-corrected chi connectivity index (χ0v) is 8.20. The van der Waals surface area contributed by atoms with E-state index in [1.807, 2.05) is 26.0 Å². The van der Waals surface area contributed by atoms with Crippen molar-refractivity contribution in [2.45, 2.75) is 13.8 Å². The zero-order chi connectivity index (χ0) is 10.1. The smallest absolute Gasteiger partial charge is 0.155 e. The summed E-state index contributed by atoms with van der Waals surface area (Å²) in [5.41, 5.74) is 9.85. The first kappa shape index (κ1) is 8.74. The van der Waals surface area contributed by atoms with E-state index in [-0.39, 0.29) is 0 Å². The second-order valence-electron chi connectivity index (χ2n) is 3.36. The van der Waals surface area contributed by atoms with Crippen molar-refractivity contribution in [3.8, 4) is 11.4 Å². The molecule has 1 aromatic heterocycles. The maximum Gasteiger partial charge on any atom is 0.155 e. The number of benzene rings is 1. The maximum absolute atomic E-state index is 5.86. The van der Waals surface area contributed by atoms with E-state index >= 15 is 0 Å². The van der Waals surface area contributed by atoms with Crippen molar-refractivity contribution in [1.29, 1.82) is 0 Å². The molecule has 0 radical (unpaired) electrons. The van der Waals surface area contributed by atoms with E-state index in [0.717, 1.165) is 28.2 Å². The minimum Gasteiger partial charge on any atom is -0.398 e. The number of nitrogens with one attached hydrogen (secondary N) is 1. The molecule has 4 heteroatoms. The van der Waals surface area contributed by atoms with E-state index in [9.17, 15) is 0 Å². The van der Waals surface area contributed by atoms with E-state index in [1.165, 1.54) is 6.33 Å². The number of nitrogen functional groups attached to an aromatic ring is 1. The average Bonchev–Trinajstić information content (AvgIpc) is 2.66. The van der Waals surface area contributed by atoms with E-state index in [0.29, 0.717) is 0 Å². The summed E-state index contributed by atoms with van der Waals surface area (Å²) in [6, 6.07) is 4.01. The number of nitrogens with two attached hydrogens (primary N) is 1. The van der Waals surface area contributed by atoms with E-state index in [1.54, 1.807) is 0 Å². The lowest BCUT2D eigenvalue weighted by molar-refractivity contribution is 1.09. The number of H-pyrrole nitrogens is 1. The largest absolute Gasteiger partial charge is 0.398 e. The first-order valence-corrected chi connectivity index (χ1v) is 4.41. The standard InChI is InChI=1S/C10H12N4/c1-6-3-8(4-7(2)9(6)11)10-12-5-13-14-10/h3-5H,11H2,1-2H3,(H,12,13,14). The van der Waals surface area contributed by atoms with Crippen LogP contribution in [0, 0.1) is 13.8 Å². The van der Waals surface area contributed by atoms with Gasteiger partial charge in [-0.15, -0.1) is 0 Å². The van der Waals surface area contributed by atoms with Gasteiger partial charge in [0.2, 0.25) is 0 Å². The lowest BCUT2D eigenvalue weighted by Gasteiger charge is -2.06. The molecule has 0 aliphatic carbocycles. The number of aryl methyl sites for hydroxylation is 2. The fourth-order valence-corrected chi connectivity index (χ4v) is 1.46. The molecule has 72 valence electrons. The Morgan fingerprint density at radius 1 is 1.21 bits per heavy atom. The fourth-order valence-electron chi connectivity index (χ4n) is 1.46. The van der Waals surface area contributed by atoms with Gasteiger partial charge < -0.3 is 5.73 Å². The Balaban J connectivity index is 2.57. The molecule has 0 aliphatic rings. The van der Waals surface area contributed by atoms with Gasteiger partial charge in [0.25, 0.3) is 0 Å². The Morgan fingerprint density at radius 2 is 1.86 bits per heavy atom. The summed E-state index contributed by atoms with van der Waals surface area (Å²) in [7, 11) is 0. The van der Waals surface area contributed by atoms with Gasteiger partial charge in [0, 0.05) is 11.3 Å². The summed E-state index contributed by atoms with van der Waals surface area (Å²) < 4.78 is 0. The zero-order valence-electron chi connectivity index (χ0n) is 8.20. The van der Waals surface area contributed by atoms with Crippen LogP contribution in [0.5, 0.6) is 0 Å². The molecule has 0 aliphatic heterocycles. The van der Waals surface area contributed by atoms with Gasteiger partial charge in [0.1, 0.15) is 6.33 Å². The Bertz CT molecular complexity index is 422. The van der Waals surface area contributed by atoms with Crippen molar-refractivity contribution < 1.29 is 0 Å². The molecule has 1 aromatic carbocycles. The predicted molar refractivity (Wildman–Crippen MR) is 55.7 cm³/mol. The summed E-state index contributed by atoms with van der Waals surface area (Å²) in [5.74, 6) is 0.774. The topological polar surface area (TPSA) is 67.6 Å². The molecule has 4 nitrogen and oxygen atoms in total. The SMILES string of the molecule is Cc1cc(-c2ncn[nH]2)cc(C)c1N. The number of rotatable bonds is 1. The van der Waals surface area contributed by atoms with Crippen molar-refractivity contribution in [2.75, 3.05) is 5.73 Å². The summed E-state index contributed by atoms with van der Waals surface area (Å²) in [6.45, 7) is 3.98.